The molecular weight excluding hydrogens is 554 g/mol. The number of rotatable bonds is 7. The predicted molar refractivity (Wildman–Crippen MR) is 150 cm³/mol. The van der Waals surface area contributed by atoms with Crippen LogP contribution in [0, 0.1) is 17.8 Å². The molecule has 4 aliphatic rings. The van der Waals surface area contributed by atoms with Crippen LogP contribution >= 0.6 is 0 Å². The second-order valence-electron chi connectivity index (χ2n) is 12.7. The van der Waals surface area contributed by atoms with Crippen LogP contribution in [-0.4, -0.2) is 93.5 Å². The molecule has 0 spiro atoms. The normalized spacial score (nSPS) is 29.9. The molecular formula is C31H43F4N3O4. The van der Waals surface area contributed by atoms with E-state index in [4.69, 9.17) is 9.47 Å². The maximum Gasteiger partial charge on any atom is 0.416 e. The van der Waals surface area contributed by atoms with E-state index in [9.17, 15) is 22.8 Å². The van der Waals surface area contributed by atoms with Crippen LogP contribution in [0.2, 0.25) is 0 Å². The molecule has 3 saturated heterocycles. The molecule has 42 heavy (non-hydrogen) atoms. The Hall–Kier alpha value is -2.40. The molecule has 2 unspecified atom stereocenters. The monoisotopic (exact) mass is 597 g/mol. The summed E-state index contributed by atoms with van der Waals surface area (Å²) in [6.45, 7) is 4.04. The summed E-state index contributed by atoms with van der Waals surface area (Å²) in [5, 5.41) is 0. The molecule has 3 heterocycles. The number of nitrogens with zero attached hydrogens (tertiary/aromatic N) is 3. The van der Waals surface area contributed by atoms with Gasteiger partial charge < -0.3 is 19.3 Å². The number of ether oxygens (including phenoxy) is 2. The van der Waals surface area contributed by atoms with Crippen molar-refractivity contribution in [3.05, 3.63) is 29.3 Å². The average Bonchev–Trinajstić information content (AvgIpc) is 3.72. The zero-order chi connectivity index (χ0) is 30.2. The average molecular weight is 598 g/mol. The lowest BCUT2D eigenvalue weighted by Gasteiger charge is -2.35. The zero-order valence-electron chi connectivity index (χ0n) is 24.8. The summed E-state index contributed by atoms with van der Waals surface area (Å²) in [4.78, 5) is 31.5. The van der Waals surface area contributed by atoms with Crippen LogP contribution in [0.4, 0.5) is 23.2 Å². The number of hydrogen-bond donors (Lipinski definition) is 0. The van der Waals surface area contributed by atoms with Crippen LogP contribution < -0.4 is 4.90 Å². The number of piperidine rings is 1. The van der Waals surface area contributed by atoms with E-state index >= 15 is 4.39 Å². The van der Waals surface area contributed by atoms with Crippen LogP contribution in [0.5, 0.6) is 0 Å². The van der Waals surface area contributed by atoms with Gasteiger partial charge >= 0.3 is 12.1 Å². The van der Waals surface area contributed by atoms with Gasteiger partial charge in [-0.1, -0.05) is 25.8 Å². The van der Waals surface area contributed by atoms with E-state index in [0.29, 0.717) is 56.4 Å². The minimum absolute atomic E-state index is 0.0917. The molecule has 0 radical (unpaired) electrons. The van der Waals surface area contributed by atoms with E-state index < -0.39 is 29.2 Å². The van der Waals surface area contributed by atoms with Crippen molar-refractivity contribution in [3.8, 4) is 0 Å². The lowest BCUT2D eigenvalue weighted by atomic mass is 9.86. The second-order valence-corrected chi connectivity index (χ2v) is 12.7. The zero-order valence-corrected chi connectivity index (χ0v) is 24.8. The third-order valence-corrected chi connectivity index (χ3v) is 10.2. The van der Waals surface area contributed by atoms with E-state index in [-0.39, 0.29) is 43.4 Å². The highest BCUT2D eigenvalue weighted by atomic mass is 19.4. The Balaban J connectivity index is 1.40. The highest BCUT2D eigenvalue weighted by Gasteiger charge is 2.55. The summed E-state index contributed by atoms with van der Waals surface area (Å²) in [6.07, 6.45) is 0.748. The number of alkyl halides is 4. The van der Waals surface area contributed by atoms with Gasteiger partial charge in [-0.25, -0.2) is 4.39 Å². The molecule has 3 aliphatic heterocycles. The van der Waals surface area contributed by atoms with Crippen LogP contribution in [-0.2, 0) is 25.2 Å². The van der Waals surface area contributed by atoms with E-state index in [1.54, 1.807) is 18.9 Å². The number of carbonyl (C=O) groups excluding carboxylic acids is 2. The molecule has 5 rings (SSSR count). The molecule has 0 aromatic heterocycles. The van der Waals surface area contributed by atoms with Crippen molar-refractivity contribution in [1.82, 2.24) is 9.80 Å². The summed E-state index contributed by atoms with van der Waals surface area (Å²) < 4.78 is 68.4. The second kappa shape index (κ2) is 12.3. The molecule has 1 saturated carbocycles. The summed E-state index contributed by atoms with van der Waals surface area (Å²) in [5.41, 5.74) is -1.60. The Morgan fingerprint density at radius 3 is 2.33 bits per heavy atom. The Morgan fingerprint density at radius 1 is 1.02 bits per heavy atom. The van der Waals surface area contributed by atoms with Gasteiger partial charge in [0.1, 0.15) is 0 Å². The predicted octanol–water partition coefficient (Wildman–Crippen LogP) is 4.89. The number of amides is 1. The summed E-state index contributed by atoms with van der Waals surface area (Å²) in [5.74, 6) is -2.09. The molecule has 1 amide bonds. The topological polar surface area (TPSA) is 62.3 Å². The van der Waals surface area contributed by atoms with Gasteiger partial charge in [0, 0.05) is 75.9 Å². The Bertz CT molecular complexity index is 1140. The van der Waals surface area contributed by atoms with Crippen LogP contribution in [0.3, 0.4) is 0 Å². The first kappa shape index (κ1) is 31.0. The number of benzene rings is 1. The first-order valence-corrected chi connectivity index (χ1v) is 15.2. The van der Waals surface area contributed by atoms with Crippen LogP contribution in [0.25, 0.3) is 0 Å². The van der Waals surface area contributed by atoms with Crippen molar-refractivity contribution in [2.45, 2.75) is 69.3 Å². The van der Waals surface area contributed by atoms with Gasteiger partial charge in [0.05, 0.1) is 25.2 Å². The largest absolute Gasteiger partial charge is 0.469 e. The molecule has 0 N–H and O–H groups in total. The lowest BCUT2D eigenvalue weighted by Crippen LogP contribution is -2.50. The molecule has 0 bridgehead atoms. The van der Waals surface area contributed by atoms with E-state index in [0.717, 1.165) is 31.7 Å². The number of carbonyl (C=O) groups is 2. The van der Waals surface area contributed by atoms with E-state index in [1.807, 2.05) is 4.90 Å². The van der Waals surface area contributed by atoms with Gasteiger partial charge in [-0.05, 0) is 43.4 Å². The van der Waals surface area contributed by atoms with Crippen molar-refractivity contribution in [2.24, 2.45) is 17.8 Å². The SMILES string of the molecule is COCC1CN(C(=O)[C@]2(F)CN(C3CCCC3)C[C@H]2C)CC1c1ccc(C(F)(F)F)cc1N1CCC(C(=O)OC)CC1. The number of anilines is 1. The first-order valence-electron chi connectivity index (χ1n) is 15.2. The first-order chi connectivity index (χ1) is 20.0. The van der Waals surface area contributed by atoms with Crippen molar-refractivity contribution in [2.75, 3.05) is 65.0 Å². The fraction of sp³-hybridized carbons (Fsp3) is 0.742. The summed E-state index contributed by atoms with van der Waals surface area (Å²) in [7, 11) is 2.89. The molecule has 7 nitrogen and oxygen atoms in total. The third-order valence-electron chi connectivity index (χ3n) is 10.2. The molecule has 4 atom stereocenters. The van der Waals surface area contributed by atoms with Crippen molar-refractivity contribution in [3.63, 3.8) is 0 Å². The summed E-state index contributed by atoms with van der Waals surface area (Å²) in [6, 6.07) is 4.10. The standard InChI is InChI=1S/C31H43F4N3O4/c1-20-15-38(24-6-4-5-7-24)19-30(20,32)29(40)37-16-22(18-41-2)26(17-37)25-9-8-23(31(33,34)35)14-27(25)36-12-10-21(11-13-36)28(39)42-3/h8-9,14,20-22,24,26H,4-7,10-13,15-19H2,1-3H3/t20-,22?,26?,30+/m1/s1. The third kappa shape index (κ3) is 6.00. The van der Waals surface area contributed by atoms with Crippen molar-refractivity contribution >= 4 is 17.6 Å². The van der Waals surface area contributed by atoms with Crippen LogP contribution in [0.15, 0.2) is 18.2 Å². The number of hydrogen-bond acceptors (Lipinski definition) is 6. The fourth-order valence-corrected chi connectivity index (χ4v) is 7.70. The molecule has 4 fully saturated rings. The smallest absolute Gasteiger partial charge is 0.416 e. The van der Waals surface area contributed by atoms with Crippen molar-refractivity contribution < 1.29 is 36.6 Å². The van der Waals surface area contributed by atoms with Gasteiger partial charge in [-0.3, -0.25) is 14.5 Å². The summed E-state index contributed by atoms with van der Waals surface area (Å²) >= 11 is 0. The number of halogens is 4. The highest BCUT2D eigenvalue weighted by Crippen LogP contribution is 2.44. The minimum atomic E-state index is -4.52. The number of methoxy groups -OCH3 is 2. The molecule has 1 aliphatic carbocycles. The Labute approximate surface area is 245 Å². The van der Waals surface area contributed by atoms with E-state index in [2.05, 4.69) is 4.90 Å². The highest BCUT2D eigenvalue weighted by molar-refractivity contribution is 5.87. The number of esters is 1. The van der Waals surface area contributed by atoms with E-state index in [1.165, 1.54) is 19.2 Å². The maximum absolute atomic E-state index is 16.5. The Morgan fingerprint density at radius 2 is 1.71 bits per heavy atom. The van der Waals surface area contributed by atoms with Gasteiger partial charge in [0.15, 0.2) is 0 Å². The molecule has 1 aromatic rings. The quantitative estimate of drug-likeness (QED) is 0.330. The molecule has 1 aromatic carbocycles. The van der Waals surface area contributed by atoms with Gasteiger partial charge in [0.2, 0.25) is 5.67 Å². The van der Waals surface area contributed by atoms with Gasteiger partial charge in [-0.2, -0.15) is 13.2 Å². The van der Waals surface area contributed by atoms with Crippen molar-refractivity contribution in [1.29, 1.82) is 0 Å². The van der Waals surface area contributed by atoms with Crippen LogP contribution in [0.1, 0.15) is 62.5 Å². The lowest BCUT2D eigenvalue weighted by molar-refractivity contribution is -0.146. The molecule has 11 heteroatoms. The Kier molecular flexibility index (Phi) is 9.09. The maximum atomic E-state index is 16.5. The molecule has 234 valence electrons. The van der Waals surface area contributed by atoms with Gasteiger partial charge in [-0.15, -0.1) is 0 Å². The minimum Gasteiger partial charge on any atom is -0.469 e. The number of likely N-dealkylation sites (tertiary alicyclic amines) is 2. The fourth-order valence-electron chi connectivity index (χ4n) is 7.70. The van der Waals surface area contributed by atoms with Gasteiger partial charge in [0.25, 0.3) is 5.91 Å².